The molecule has 0 spiro atoms. The van der Waals surface area contributed by atoms with Crippen LogP contribution in [0.15, 0.2) is 30.3 Å². The number of benzene rings is 2. The first-order valence-electron chi connectivity index (χ1n) is 7.97. The van der Waals surface area contributed by atoms with E-state index in [0.29, 0.717) is 17.1 Å². The van der Waals surface area contributed by atoms with Crippen LogP contribution >= 0.6 is 0 Å². The molecule has 27 heavy (non-hydrogen) atoms. The van der Waals surface area contributed by atoms with Gasteiger partial charge in [-0.2, -0.15) is 0 Å². The van der Waals surface area contributed by atoms with Crippen molar-refractivity contribution in [3.63, 3.8) is 0 Å². The minimum Gasteiger partial charge on any atom is -0.496 e. The molecule has 1 amide bonds. The van der Waals surface area contributed by atoms with Crippen molar-refractivity contribution in [2.45, 2.75) is 20.0 Å². The standard InChI is InChI=1S/C19H19F2NO5/c1-10-15(25-3)8-12(9-16(10)26-4)19(24)27-11(2)18(23)22-17-13(20)6-5-7-14(17)21/h5-9,11H,1-4H3,(H,22,23). The summed E-state index contributed by atoms with van der Waals surface area (Å²) in [5.41, 5.74) is 0.187. The molecule has 0 heterocycles. The van der Waals surface area contributed by atoms with Gasteiger partial charge in [-0.1, -0.05) is 6.07 Å². The minimum atomic E-state index is -1.30. The number of methoxy groups -OCH3 is 2. The maximum absolute atomic E-state index is 13.6. The molecule has 8 heteroatoms. The lowest BCUT2D eigenvalue weighted by atomic mass is 10.1. The Morgan fingerprint density at radius 2 is 1.56 bits per heavy atom. The van der Waals surface area contributed by atoms with Gasteiger partial charge in [-0.15, -0.1) is 0 Å². The van der Waals surface area contributed by atoms with E-state index in [1.807, 2.05) is 0 Å². The van der Waals surface area contributed by atoms with E-state index in [-0.39, 0.29) is 5.56 Å². The largest absolute Gasteiger partial charge is 0.496 e. The smallest absolute Gasteiger partial charge is 0.339 e. The molecule has 0 aliphatic heterocycles. The predicted octanol–water partition coefficient (Wildman–Crippen LogP) is 3.47. The summed E-state index contributed by atoms with van der Waals surface area (Å²) in [6.07, 6.45) is -1.30. The van der Waals surface area contributed by atoms with E-state index >= 15 is 0 Å². The van der Waals surface area contributed by atoms with Crippen LogP contribution in [0.5, 0.6) is 11.5 Å². The van der Waals surface area contributed by atoms with E-state index < -0.39 is 35.3 Å². The van der Waals surface area contributed by atoms with Gasteiger partial charge in [0.15, 0.2) is 6.10 Å². The van der Waals surface area contributed by atoms with Gasteiger partial charge in [-0.3, -0.25) is 4.79 Å². The highest BCUT2D eigenvalue weighted by Gasteiger charge is 2.23. The average Bonchev–Trinajstić information content (AvgIpc) is 2.64. The Morgan fingerprint density at radius 3 is 2.04 bits per heavy atom. The molecule has 0 aromatic heterocycles. The van der Waals surface area contributed by atoms with Gasteiger partial charge in [0.1, 0.15) is 28.8 Å². The van der Waals surface area contributed by atoms with Crippen LogP contribution in [0.3, 0.4) is 0 Å². The molecular formula is C19H19F2NO5. The molecule has 0 fully saturated rings. The fourth-order valence-electron chi connectivity index (χ4n) is 2.33. The summed E-state index contributed by atoms with van der Waals surface area (Å²) in [7, 11) is 2.88. The zero-order chi connectivity index (χ0) is 20.1. The molecule has 0 radical (unpaired) electrons. The number of anilines is 1. The molecule has 2 aromatic carbocycles. The van der Waals surface area contributed by atoms with E-state index in [1.165, 1.54) is 39.3 Å². The molecular weight excluding hydrogens is 360 g/mol. The van der Waals surface area contributed by atoms with Gasteiger partial charge in [0.2, 0.25) is 0 Å². The van der Waals surface area contributed by atoms with Crippen LogP contribution in [-0.4, -0.2) is 32.2 Å². The first kappa shape index (κ1) is 20.2. The number of carbonyl (C=O) groups is 2. The van der Waals surface area contributed by atoms with Gasteiger partial charge in [0.25, 0.3) is 5.91 Å². The second-order valence-corrected chi connectivity index (χ2v) is 5.64. The zero-order valence-corrected chi connectivity index (χ0v) is 15.3. The number of nitrogens with one attached hydrogen (secondary N) is 1. The quantitative estimate of drug-likeness (QED) is 0.778. The number of hydrogen-bond donors (Lipinski definition) is 1. The molecule has 144 valence electrons. The third-order valence-electron chi connectivity index (χ3n) is 3.85. The molecule has 0 aliphatic carbocycles. The van der Waals surface area contributed by atoms with E-state index in [1.54, 1.807) is 6.92 Å². The van der Waals surface area contributed by atoms with Crippen molar-refractivity contribution < 1.29 is 32.6 Å². The van der Waals surface area contributed by atoms with E-state index in [9.17, 15) is 18.4 Å². The number of esters is 1. The lowest BCUT2D eigenvalue weighted by Gasteiger charge is -2.16. The van der Waals surface area contributed by atoms with Crippen molar-refractivity contribution in [2.75, 3.05) is 19.5 Å². The number of rotatable bonds is 6. The summed E-state index contributed by atoms with van der Waals surface area (Å²) in [5.74, 6) is -2.75. The molecule has 1 N–H and O–H groups in total. The van der Waals surface area contributed by atoms with Crippen LogP contribution in [0.4, 0.5) is 14.5 Å². The van der Waals surface area contributed by atoms with E-state index in [4.69, 9.17) is 14.2 Å². The average molecular weight is 379 g/mol. The number of carbonyl (C=O) groups excluding carboxylic acids is 2. The van der Waals surface area contributed by atoms with Crippen LogP contribution in [-0.2, 0) is 9.53 Å². The number of para-hydroxylation sites is 1. The number of ether oxygens (including phenoxy) is 3. The van der Waals surface area contributed by atoms with Crippen molar-refractivity contribution in [3.05, 3.63) is 53.1 Å². The fraction of sp³-hybridized carbons (Fsp3) is 0.263. The number of amides is 1. The van der Waals surface area contributed by atoms with Crippen LogP contribution < -0.4 is 14.8 Å². The molecule has 6 nitrogen and oxygen atoms in total. The second-order valence-electron chi connectivity index (χ2n) is 5.64. The topological polar surface area (TPSA) is 73.9 Å². The molecule has 0 saturated carbocycles. The monoisotopic (exact) mass is 379 g/mol. The van der Waals surface area contributed by atoms with Gasteiger partial charge >= 0.3 is 5.97 Å². The Labute approximate surface area is 155 Å². The molecule has 2 rings (SSSR count). The highest BCUT2D eigenvalue weighted by molar-refractivity contribution is 5.97. The summed E-state index contributed by atoms with van der Waals surface area (Å²) in [5, 5.41) is 2.07. The van der Waals surface area contributed by atoms with E-state index in [2.05, 4.69) is 5.32 Å². The third-order valence-corrected chi connectivity index (χ3v) is 3.85. The van der Waals surface area contributed by atoms with Crippen molar-refractivity contribution in [3.8, 4) is 11.5 Å². The van der Waals surface area contributed by atoms with Gasteiger partial charge in [0.05, 0.1) is 19.8 Å². The summed E-state index contributed by atoms with van der Waals surface area (Å²) in [6.45, 7) is 3.04. The highest BCUT2D eigenvalue weighted by Crippen LogP contribution is 2.30. The van der Waals surface area contributed by atoms with Crippen LogP contribution in [0.2, 0.25) is 0 Å². The normalized spacial score (nSPS) is 11.5. The number of hydrogen-bond acceptors (Lipinski definition) is 5. The highest BCUT2D eigenvalue weighted by atomic mass is 19.1. The van der Waals surface area contributed by atoms with Crippen LogP contribution in [0.1, 0.15) is 22.8 Å². The molecule has 1 unspecified atom stereocenters. The van der Waals surface area contributed by atoms with Gasteiger partial charge in [-0.05, 0) is 38.1 Å². The first-order chi connectivity index (χ1) is 12.8. The Bertz CT molecular complexity index is 824. The zero-order valence-electron chi connectivity index (χ0n) is 15.3. The predicted molar refractivity (Wildman–Crippen MR) is 94.1 cm³/mol. The summed E-state index contributed by atoms with van der Waals surface area (Å²) in [4.78, 5) is 24.4. The Balaban J connectivity index is 2.14. The fourth-order valence-corrected chi connectivity index (χ4v) is 2.33. The SMILES string of the molecule is COc1cc(C(=O)OC(C)C(=O)Nc2c(F)cccc2F)cc(OC)c1C. The summed E-state index contributed by atoms with van der Waals surface area (Å²) < 4.78 is 42.7. The van der Waals surface area contributed by atoms with Crippen molar-refractivity contribution in [2.24, 2.45) is 0 Å². The lowest BCUT2D eigenvalue weighted by molar-refractivity contribution is -0.123. The van der Waals surface area contributed by atoms with Crippen molar-refractivity contribution >= 4 is 17.6 Å². The Hall–Kier alpha value is -3.16. The maximum Gasteiger partial charge on any atom is 0.339 e. The molecule has 0 saturated heterocycles. The Kier molecular flexibility index (Phi) is 6.33. The van der Waals surface area contributed by atoms with Crippen molar-refractivity contribution in [1.82, 2.24) is 0 Å². The van der Waals surface area contributed by atoms with Gasteiger partial charge in [-0.25, -0.2) is 13.6 Å². The molecule has 2 aromatic rings. The molecule has 1 atom stereocenters. The summed E-state index contributed by atoms with van der Waals surface area (Å²) >= 11 is 0. The summed E-state index contributed by atoms with van der Waals surface area (Å²) in [6, 6.07) is 6.06. The number of halogens is 2. The van der Waals surface area contributed by atoms with Crippen LogP contribution in [0, 0.1) is 18.6 Å². The Morgan fingerprint density at radius 1 is 1.04 bits per heavy atom. The minimum absolute atomic E-state index is 0.103. The second kappa shape index (κ2) is 8.48. The molecule has 0 aliphatic rings. The van der Waals surface area contributed by atoms with Gasteiger partial charge in [0, 0.05) is 5.56 Å². The lowest BCUT2D eigenvalue weighted by Crippen LogP contribution is -2.30. The van der Waals surface area contributed by atoms with E-state index in [0.717, 1.165) is 12.1 Å². The van der Waals surface area contributed by atoms with Crippen LogP contribution in [0.25, 0.3) is 0 Å². The first-order valence-corrected chi connectivity index (χ1v) is 7.97. The van der Waals surface area contributed by atoms with Gasteiger partial charge < -0.3 is 19.5 Å². The molecule has 0 bridgehead atoms. The maximum atomic E-state index is 13.6. The van der Waals surface area contributed by atoms with Crippen molar-refractivity contribution in [1.29, 1.82) is 0 Å². The third kappa shape index (κ3) is 4.52.